The fourth-order valence-corrected chi connectivity index (χ4v) is 1.63. The molecule has 1 aliphatic rings. The third-order valence-electron chi connectivity index (χ3n) is 2.67. The predicted molar refractivity (Wildman–Crippen MR) is 63.1 cm³/mol. The monoisotopic (exact) mass is 264 g/mol. The van der Waals surface area contributed by atoms with Crippen LogP contribution in [0.3, 0.4) is 0 Å². The molecule has 2 atom stereocenters. The third kappa shape index (κ3) is 3.01. The molecule has 0 bridgehead atoms. The quantitative estimate of drug-likeness (QED) is 0.657. The maximum Gasteiger partial charge on any atom is 0.408 e. The van der Waals surface area contributed by atoms with Crippen molar-refractivity contribution in [3.63, 3.8) is 0 Å². The van der Waals surface area contributed by atoms with E-state index in [1.165, 1.54) is 0 Å². The van der Waals surface area contributed by atoms with Gasteiger partial charge in [0.2, 0.25) is 5.91 Å². The Balaban J connectivity index is 1.81. The van der Waals surface area contributed by atoms with Crippen molar-refractivity contribution in [2.24, 2.45) is 0 Å². The van der Waals surface area contributed by atoms with Gasteiger partial charge in [-0.25, -0.2) is 9.59 Å². The molecule has 7 nitrogen and oxygen atoms in total. The molecule has 0 aromatic heterocycles. The largest absolute Gasteiger partial charge is 0.480 e. The summed E-state index contributed by atoms with van der Waals surface area (Å²) in [5.74, 6) is -1.74. The van der Waals surface area contributed by atoms with Crippen LogP contribution in [0.25, 0.3) is 0 Å². The van der Waals surface area contributed by atoms with Crippen molar-refractivity contribution in [2.45, 2.75) is 18.7 Å². The number of amides is 2. The molecule has 2 amide bonds. The van der Waals surface area contributed by atoms with Crippen molar-refractivity contribution in [1.82, 2.24) is 10.6 Å². The lowest BCUT2D eigenvalue weighted by atomic mass is 10.00. The van der Waals surface area contributed by atoms with Crippen molar-refractivity contribution >= 4 is 18.0 Å². The molecule has 2 rings (SSSR count). The molecule has 3 N–H and O–H groups in total. The van der Waals surface area contributed by atoms with Gasteiger partial charge in [0.25, 0.3) is 0 Å². The molecule has 0 unspecified atom stereocenters. The molecule has 100 valence electrons. The van der Waals surface area contributed by atoms with E-state index in [9.17, 15) is 14.4 Å². The number of carboxylic acids is 1. The van der Waals surface area contributed by atoms with E-state index in [1.54, 1.807) is 24.3 Å². The summed E-state index contributed by atoms with van der Waals surface area (Å²) in [4.78, 5) is 33.2. The first-order chi connectivity index (χ1) is 9.08. The highest BCUT2D eigenvalue weighted by Crippen LogP contribution is 2.07. The standard InChI is InChI=1S/C12H12N2O5/c15-10-8(9(13-10)11(16)17)14-12(18)19-6-7-4-2-1-3-5-7/h1-5,8-9H,6H2,(H,13,15)(H,14,18)(H,16,17)/t8-,9-/m0/s1. The number of ether oxygens (including phenoxy) is 1. The van der Waals surface area contributed by atoms with Crippen LogP contribution in [0.15, 0.2) is 30.3 Å². The summed E-state index contributed by atoms with van der Waals surface area (Å²) in [5, 5.41) is 13.1. The summed E-state index contributed by atoms with van der Waals surface area (Å²) in [5.41, 5.74) is 0.797. The van der Waals surface area contributed by atoms with Crippen LogP contribution in [-0.2, 0) is 20.9 Å². The van der Waals surface area contributed by atoms with Gasteiger partial charge in [-0.15, -0.1) is 0 Å². The molecule has 0 radical (unpaired) electrons. The zero-order valence-corrected chi connectivity index (χ0v) is 9.83. The lowest BCUT2D eigenvalue weighted by Crippen LogP contribution is -2.71. The molecule has 0 spiro atoms. The van der Waals surface area contributed by atoms with Crippen molar-refractivity contribution in [2.75, 3.05) is 0 Å². The van der Waals surface area contributed by atoms with Crippen LogP contribution in [0.5, 0.6) is 0 Å². The predicted octanol–water partition coefficient (Wildman–Crippen LogP) is -0.136. The molecule has 19 heavy (non-hydrogen) atoms. The Labute approximate surface area is 108 Å². The Morgan fingerprint density at radius 2 is 2.00 bits per heavy atom. The number of carboxylic acid groups (broad SMARTS) is 1. The van der Waals surface area contributed by atoms with E-state index >= 15 is 0 Å². The van der Waals surface area contributed by atoms with E-state index < -0.39 is 30.1 Å². The molecule has 1 saturated heterocycles. The Kier molecular flexibility index (Phi) is 3.65. The first-order valence-electron chi connectivity index (χ1n) is 5.58. The van der Waals surface area contributed by atoms with Gasteiger partial charge >= 0.3 is 12.1 Å². The molecule has 1 fully saturated rings. The molecule has 1 aromatic carbocycles. The zero-order valence-electron chi connectivity index (χ0n) is 9.83. The minimum absolute atomic E-state index is 0.0543. The van der Waals surface area contributed by atoms with Gasteiger partial charge in [0.1, 0.15) is 12.6 Å². The van der Waals surface area contributed by atoms with Crippen LogP contribution in [-0.4, -0.2) is 35.2 Å². The topological polar surface area (TPSA) is 105 Å². The molecule has 1 aliphatic heterocycles. The number of carbonyl (C=O) groups is 3. The molecule has 0 aliphatic carbocycles. The Hall–Kier alpha value is -2.57. The first kappa shape index (κ1) is 12.9. The summed E-state index contributed by atoms with van der Waals surface area (Å²) in [6, 6.07) is 6.82. The van der Waals surface area contributed by atoms with Crippen molar-refractivity contribution in [3.8, 4) is 0 Å². The van der Waals surface area contributed by atoms with Gasteiger partial charge in [-0.2, -0.15) is 0 Å². The SMILES string of the molecule is O=C(N[C@@H]1C(=O)N[C@@H]1C(=O)O)OCc1ccccc1. The highest BCUT2D eigenvalue weighted by molar-refractivity contribution is 6.00. The lowest BCUT2D eigenvalue weighted by molar-refractivity contribution is -0.150. The van der Waals surface area contributed by atoms with E-state index in [1.807, 2.05) is 6.07 Å². The smallest absolute Gasteiger partial charge is 0.408 e. The van der Waals surface area contributed by atoms with Gasteiger partial charge in [-0.1, -0.05) is 30.3 Å². The van der Waals surface area contributed by atoms with E-state index in [-0.39, 0.29) is 6.61 Å². The summed E-state index contributed by atoms with van der Waals surface area (Å²) in [6.45, 7) is 0.0543. The van der Waals surface area contributed by atoms with Crippen molar-refractivity contribution < 1.29 is 24.2 Å². The normalized spacial score (nSPS) is 20.9. The second kappa shape index (κ2) is 5.38. The molecule has 1 aromatic rings. The van der Waals surface area contributed by atoms with Crippen molar-refractivity contribution in [1.29, 1.82) is 0 Å². The number of benzene rings is 1. The Morgan fingerprint density at radius 3 is 2.58 bits per heavy atom. The van der Waals surface area contributed by atoms with E-state index in [0.717, 1.165) is 5.56 Å². The van der Waals surface area contributed by atoms with Gasteiger partial charge < -0.3 is 20.5 Å². The summed E-state index contributed by atoms with van der Waals surface area (Å²) >= 11 is 0. The highest BCUT2D eigenvalue weighted by Gasteiger charge is 2.45. The molecule has 0 saturated carbocycles. The molecule has 1 heterocycles. The lowest BCUT2D eigenvalue weighted by Gasteiger charge is -2.33. The number of hydrogen-bond acceptors (Lipinski definition) is 4. The van der Waals surface area contributed by atoms with Crippen LogP contribution in [0, 0.1) is 0 Å². The van der Waals surface area contributed by atoms with Crippen LogP contribution in [0.1, 0.15) is 5.56 Å². The van der Waals surface area contributed by atoms with Crippen LogP contribution in [0.2, 0.25) is 0 Å². The maximum absolute atomic E-state index is 11.4. The van der Waals surface area contributed by atoms with Gasteiger partial charge in [0.05, 0.1) is 0 Å². The van der Waals surface area contributed by atoms with E-state index in [2.05, 4.69) is 10.6 Å². The number of hydrogen-bond donors (Lipinski definition) is 3. The highest BCUT2D eigenvalue weighted by atomic mass is 16.5. The maximum atomic E-state index is 11.4. The summed E-state index contributed by atoms with van der Waals surface area (Å²) < 4.78 is 4.89. The fourth-order valence-electron chi connectivity index (χ4n) is 1.63. The second-order valence-electron chi connectivity index (χ2n) is 4.01. The fraction of sp³-hybridized carbons (Fsp3) is 0.250. The van der Waals surface area contributed by atoms with Crippen molar-refractivity contribution in [3.05, 3.63) is 35.9 Å². The van der Waals surface area contributed by atoms with Crippen LogP contribution >= 0.6 is 0 Å². The van der Waals surface area contributed by atoms with Crippen LogP contribution in [0.4, 0.5) is 4.79 Å². The van der Waals surface area contributed by atoms with Gasteiger partial charge in [-0.3, -0.25) is 4.79 Å². The van der Waals surface area contributed by atoms with Gasteiger partial charge in [-0.05, 0) is 5.56 Å². The number of aliphatic carboxylic acids is 1. The summed E-state index contributed by atoms with van der Waals surface area (Å²) in [7, 11) is 0. The van der Waals surface area contributed by atoms with Gasteiger partial charge in [0, 0.05) is 0 Å². The second-order valence-corrected chi connectivity index (χ2v) is 4.01. The minimum Gasteiger partial charge on any atom is -0.480 e. The van der Waals surface area contributed by atoms with Gasteiger partial charge in [0.15, 0.2) is 6.04 Å². The van der Waals surface area contributed by atoms with E-state index in [4.69, 9.17) is 9.84 Å². The number of alkyl carbamates (subject to hydrolysis) is 1. The molecule has 7 heteroatoms. The Bertz CT molecular complexity index is 502. The molecular weight excluding hydrogens is 252 g/mol. The number of β-lactam (4-membered cyclic amide) rings is 1. The average Bonchev–Trinajstić information content (AvgIpc) is 2.40. The number of carbonyl (C=O) groups excluding carboxylic acids is 2. The number of rotatable bonds is 4. The minimum atomic E-state index is -1.20. The number of nitrogens with one attached hydrogen (secondary N) is 2. The first-order valence-corrected chi connectivity index (χ1v) is 5.58. The average molecular weight is 264 g/mol. The van der Waals surface area contributed by atoms with Crippen LogP contribution < -0.4 is 10.6 Å². The molecular formula is C12H12N2O5. The summed E-state index contributed by atoms with van der Waals surface area (Å²) in [6.07, 6.45) is -0.824. The zero-order chi connectivity index (χ0) is 13.8. The third-order valence-corrected chi connectivity index (χ3v) is 2.67. The Morgan fingerprint density at radius 1 is 1.32 bits per heavy atom. The van der Waals surface area contributed by atoms with E-state index in [0.29, 0.717) is 0 Å².